The molecule has 0 spiro atoms. The Hall–Kier alpha value is -0.920. The molecule has 0 fully saturated rings. The van der Waals surface area contributed by atoms with Gasteiger partial charge < -0.3 is 15.0 Å². The highest BCUT2D eigenvalue weighted by Gasteiger charge is 2.06. The molecule has 1 aromatic carbocycles. The van der Waals surface area contributed by atoms with E-state index in [4.69, 9.17) is 0 Å². The summed E-state index contributed by atoms with van der Waals surface area (Å²) in [6.45, 7) is 4.26. The van der Waals surface area contributed by atoms with Crippen LogP contribution in [0.1, 0.15) is 18.3 Å². The topological polar surface area (TPSA) is 63.0 Å². The lowest BCUT2D eigenvalue weighted by atomic mass is 10.2. The zero-order valence-electron chi connectivity index (χ0n) is 10.4. The number of phenolic OH excluding ortho intramolecular Hbond substituents is 1. The van der Waals surface area contributed by atoms with Crippen molar-refractivity contribution in [3.63, 3.8) is 0 Å². The van der Waals surface area contributed by atoms with Gasteiger partial charge in [0.25, 0.3) is 0 Å². The Balaban J connectivity index is 1.96. The molecule has 2 N–H and O–H groups in total. The van der Waals surface area contributed by atoms with Crippen molar-refractivity contribution in [1.82, 2.24) is 20.1 Å². The molecular weight excluding hydrogens is 376 g/mol. The zero-order valence-corrected chi connectivity index (χ0v) is 13.6. The van der Waals surface area contributed by atoms with Gasteiger partial charge in [-0.1, -0.05) is 0 Å². The van der Waals surface area contributed by atoms with Gasteiger partial charge in [-0.3, -0.25) is 0 Å². The van der Waals surface area contributed by atoms with Crippen molar-refractivity contribution in [3.8, 4) is 5.75 Å². The quantitative estimate of drug-likeness (QED) is 0.825. The third-order valence-corrected chi connectivity index (χ3v) is 3.93. The van der Waals surface area contributed by atoms with E-state index in [1.54, 1.807) is 6.33 Å². The summed E-state index contributed by atoms with van der Waals surface area (Å²) >= 11 is 6.63. The summed E-state index contributed by atoms with van der Waals surface area (Å²) in [5, 5.41) is 20.9. The Morgan fingerprint density at radius 1 is 1.26 bits per heavy atom. The SMILES string of the molecule is CCn1cnnc1CNCc1cc(Br)c(O)c(Br)c1. The molecule has 0 atom stereocenters. The molecular formula is C12H14Br2N4O. The summed E-state index contributed by atoms with van der Waals surface area (Å²) in [5.41, 5.74) is 1.07. The van der Waals surface area contributed by atoms with Gasteiger partial charge in [-0.05, 0) is 56.5 Å². The number of nitrogens with zero attached hydrogens (tertiary/aromatic N) is 3. The molecule has 5 nitrogen and oxygen atoms in total. The standard InChI is InChI=1S/C12H14Br2N4O/c1-2-18-7-16-17-11(18)6-15-5-8-3-9(13)12(19)10(14)4-8/h3-4,7,15,19H,2,5-6H2,1H3. The van der Waals surface area contributed by atoms with Crippen LogP contribution in [0.2, 0.25) is 0 Å². The monoisotopic (exact) mass is 388 g/mol. The summed E-state index contributed by atoms with van der Waals surface area (Å²) in [6.07, 6.45) is 1.73. The van der Waals surface area contributed by atoms with Crippen LogP contribution >= 0.6 is 31.9 Å². The molecule has 2 rings (SSSR count). The number of benzene rings is 1. The molecule has 1 heterocycles. The summed E-state index contributed by atoms with van der Waals surface area (Å²) < 4.78 is 3.35. The predicted octanol–water partition coefficient (Wildman–Crippen LogP) is 2.82. The van der Waals surface area contributed by atoms with Gasteiger partial charge in [-0.2, -0.15) is 0 Å². The van der Waals surface area contributed by atoms with Gasteiger partial charge in [0.1, 0.15) is 17.9 Å². The van der Waals surface area contributed by atoms with E-state index >= 15 is 0 Å². The third-order valence-electron chi connectivity index (χ3n) is 2.73. The first-order valence-corrected chi connectivity index (χ1v) is 7.44. The van der Waals surface area contributed by atoms with Gasteiger partial charge in [0.05, 0.1) is 15.5 Å². The minimum absolute atomic E-state index is 0.217. The number of aryl methyl sites for hydroxylation is 1. The van der Waals surface area contributed by atoms with E-state index in [1.165, 1.54) is 0 Å². The molecule has 0 aliphatic heterocycles. The van der Waals surface area contributed by atoms with Gasteiger partial charge in [-0.15, -0.1) is 10.2 Å². The van der Waals surface area contributed by atoms with Gasteiger partial charge in [0, 0.05) is 13.1 Å². The second-order valence-electron chi connectivity index (χ2n) is 4.04. The molecule has 19 heavy (non-hydrogen) atoms. The number of phenols is 1. The van der Waals surface area contributed by atoms with Crippen molar-refractivity contribution in [1.29, 1.82) is 0 Å². The van der Waals surface area contributed by atoms with E-state index < -0.39 is 0 Å². The Labute approximate surface area is 128 Å². The summed E-state index contributed by atoms with van der Waals surface area (Å²) in [4.78, 5) is 0. The second kappa shape index (κ2) is 6.49. The fourth-order valence-electron chi connectivity index (χ4n) is 1.72. The van der Waals surface area contributed by atoms with Crippen LogP contribution in [0.5, 0.6) is 5.75 Å². The van der Waals surface area contributed by atoms with Gasteiger partial charge in [0.15, 0.2) is 0 Å². The maximum absolute atomic E-state index is 9.64. The Morgan fingerprint density at radius 3 is 2.58 bits per heavy atom. The van der Waals surface area contributed by atoms with Crippen molar-refractivity contribution >= 4 is 31.9 Å². The van der Waals surface area contributed by atoms with Crippen molar-refractivity contribution in [2.24, 2.45) is 0 Å². The first-order valence-electron chi connectivity index (χ1n) is 5.86. The van der Waals surface area contributed by atoms with Gasteiger partial charge >= 0.3 is 0 Å². The minimum Gasteiger partial charge on any atom is -0.506 e. The Kier molecular flexibility index (Phi) is 4.95. The predicted molar refractivity (Wildman–Crippen MR) is 79.7 cm³/mol. The summed E-state index contributed by atoms with van der Waals surface area (Å²) in [6, 6.07) is 3.77. The number of rotatable bonds is 5. The molecule has 0 bridgehead atoms. The second-order valence-corrected chi connectivity index (χ2v) is 5.75. The smallest absolute Gasteiger partial charge is 0.146 e. The number of hydrogen-bond donors (Lipinski definition) is 2. The molecule has 1 aromatic heterocycles. The van der Waals surface area contributed by atoms with Crippen molar-refractivity contribution in [2.45, 2.75) is 26.6 Å². The average molecular weight is 390 g/mol. The summed E-state index contributed by atoms with van der Waals surface area (Å²) in [5.74, 6) is 1.13. The fraction of sp³-hybridized carbons (Fsp3) is 0.333. The van der Waals surface area contributed by atoms with Gasteiger partial charge in [-0.25, -0.2) is 0 Å². The van der Waals surface area contributed by atoms with Crippen molar-refractivity contribution in [3.05, 3.63) is 38.8 Å². The number of aromatic hydroxyl groups is 1. The maximum Gasteiger partial charge on any atom is 0.146 e. The third kappa shape index (κ3) is 3.55. The highest BCUT2D eigenvalue weighted by molar-refractivity contribution is 9.11. The highest BCUT2D eigenvalue weighted by atomic mass is 79.9. The number of nitrogens with one attached hydrogen (secondary N) is 1. The normalized spacial score (nSPS) is 10.9. The zero-order chi connectivity index (χ0) is 13.8. The van der Waals surface area contributed by atoms with Crippen LogP contribution in [0, 0.1) is 0 Å². The van der Waals surface area contributed by atoms with Crippen LogP contribution in [0.3, 0.4) is 0 Å². The lowest BCUT2D eigenvalue weighted by Gasteiger charge is -2.08. The lowest BCUT2D eigenvalue weighted by molar-refractivity contribution is 0.468. The Morgan fingerprint density at radius 2 is 1.95 bits per heavy atom. The fourth-order valence-corrected chi connectivity index (χ4v) is 3.00. The molecule has 0 unspecified atom stereocenters. The minimum atomic E-state index is 0.217. The molecule has 0 saturated heterocycles. The highest BCUT2D eigenvalue weighted by Crippen LogP contribution is 2.33. The van der Waals surface area contributed by atoms with E-state index in [-0.39, 0.29) is 5.75 Å². The van der Waals surface area contributed by atoms with Crippen LogP contribution < -0.4 is 5.32 Å². The van der Waals surface area contributed by atoms with Crippen LogP contribution in [0.4, 0.5) is 0 Å². The van der Waals surface area contributed by atoms with Crippen LogP contribution in [-0.4, -0.2) is 19.9 Å². The van der Waals surface area contributed by atoms with E-state index in [0.29, 0.717) is 22.0 Å². The molecule has 7 heteroatoms. The average Bonchev–Trinajstić information content (AvgIpc) is 2.83. The van der Waals surface area contributed by atoms with E-state index in [1.807, 2.05) is 16.7 Å². The maximum atomic E-state index is 9.64. The molecule has 0 aliphatic rings. The molecule has 0 aliphatic carbocycles. The van der Waals surface area contributed by atoms with E-state index in [2.05, 4.69) is 54.3 Å². The van der Waals surface area contributed by atoms with E-state index in [0.717, 1.165) is 17.9 Å². The van der Waals surface area contributed by atoms with Crippen molar-refractivity contribution in [2.75, 3.05) is 0 Å². The Bertz CT molecular complexity index is 548. The van der Waals surface area contributed by atoms with Crippen LogP contribution in [0.15, 0.2) is 27.4 Å². The molecule has 0 saturated carbocycles. The first kappa shape index (κ1) is 14.5. The lowest BCUT2D eigenvalue weighted by Crippen LogP contribution is -2.16. The van der Waals surface area contributed by atoms with Crippen molar-refractivity contribution < 1.29 is 5.11 Å². The number of hydrogen-bond acceptors (Lipinski definition) is 4. The molecule has 2 aromatic rings. The van der Waals surface area contributed by atoms with E-state index in [9.17, 15) is 5.11 Å². The van der Waals surface area contributed by atoms with Gasteiger partial charge in [0.2, 0.25) is 0 Å². The number of aromatic nitrogens is 3. The van der Waals surface area contributed by atoms with Crippen LogP contribution in [0.25, 0.3) is 0 Å². The number of halogens is 2. The molecule has 0 radical (unpaired) electrons. The molecule has 102 valence electrons. The largest absolute Gasteiger partial charge is 0.506 e. The first-order chi connectivity index (χ1) is 9.11. The summed E-state index contributed by atoms with van der Waals surface area (Å²) in [7, 11) is 0. The van der Waals surface area contributed by atoms with Crippen LogP contribution in [-0.2, 0) is 19.6 Å². The molecule has 0 amide bonds.